The highest BCUT2D eigenvalue weighted by molar-refractivity contribution is 6.35. The van der Waals surface area contributed by atoms with Crippen molar-refractivity contribution in [2.75, 3.05) is 49.5 Å². The highest BCUT2D eigenvalue weighted by Crippen LogP contribution is 2.31. The minimum Gasteiger partial charge on any atom is -0.444 e. The van der Waals surface area contributed by atoms with Crippen molar-refractivity contribution in [2.45, 2.75) is 58.2 Å². The molecule has 8 nitrogen and oxygen atoms in total. The summed E-state index contributed by atoms with van der Waals surface area (Å²) in [5.74, 6) is 1.20. The third kappa shape index (κ3) is 7.31. The maximum atomic E-state index is 12.6. The summed E-state index contributed by atoms with van der Waals surface area (Å²) < 4.78 is 5.59. The average molecular weight is 570 g/mol. The molecule has 1 amide bonds. The van der Waals surface area contributed by atoms with Gasteiger partial charge in [0.15, 0.2) is 5.82 Å². The first kappa shape index (κ1) is 28.0. The molecular weight excluding hydrogens is 535 g/mol. The van der Waals surface area contributed by atoms with E-state index in [9.17, 15) is 4.79 Å². The Morgan fingerprint density at radius 2 is 1.84 bits per heavy atom. The summed E-state index contributed by atoms with van der Waals surface area (Å²) in [6.45, 7) is 12.5. The summed E-state index contributed by atoms with van der Waals surface area (Å²) in [6.07, 6.45) is 3.47. The zero-order valence-corrected chi connectivity index (χ0v) is 24.1. The lowest BCUT2D eigenvalue weighted by Gasteiger charge is -2.43. The number of halogens is 3. The molecule has 1 aromatic heterocycles. The van der Waals surface area contributed by atoms with Crippen LogP contribution in [-0.2, 0) is 4.74 Å². The summed E-state index contributed by atoms with van der Waals surface area (Å²) in [4.78, 5) is 28.3. The van der Waals surface area contributed by atoms with Crippen LogP contribution in [0.3, 0.4) is 0 Å². The smallest absolute Gasteiger partial charge is 0.410 e. The number of hydrogen-bond acceptors (Lipinski definition) is 7. The molecule has 2 aromatic rings. The number of hydrogen-bond donors (Lipinski definition) is 1. The van der Waals surface area contributed by atoms with Crippen LogP contribution in [0.15, 0.2) is 24.4 Å². The zero-order valence-electron chi connectivity index (χ0n) is 21.8. The van der Waals surface area contributed by atoms with E-state index in [1.165, 1.54) is 0 Å². The second-order valence-electron chi connectivity index (χ2n) is 10.6. The number of anilines is 2. The number of ether oxygens (including phenoxy) is 1. The highest BCUT2D eigenvalue weighted by Gasteiger charge is 2.32. The number of nitrogens with zero attached hydrogens (tertiary/aromatic N) is 5. The quantitative estimate of drug-likeness (QED) is 0.464. The summed E-state index contributed by atoms with van der Waals surface area (Å²) in [5.41, 5.74) is 0.421. The third-order valence-electron chi connectivity index (χ3n) is 6.68. The molecule has 11 heteroatoms. The number of nitrogens with one attached hydrogen (secondary N) is 1. The van der Waals surface area contributed by atoms with Crippen LogP contribution in [0.5, 0.6) is 0 Å². The molecular formula is C26H35Cl3N6O2. The van der Waals surface area contributed by atoms with E-state index in [1.807, 2.05) is 44.7 Å². The molecule has 3 heterocycles. The SMILES string of the molecule is CC(Nc1nc(N2CCN(C3CCCN(C(=O)OC(C)(C)C)C3)CC2)ncc1Cl)c1ccc(Cl)cc1Cl. The van der Waals surface area contributed by atoms with E-state index in [2.05, 4.69) is 20.1 Å². The van der Waals surface area contributed by atoms with Crippen LogP contribution < -0.4 is 10.2 Å². The predicted octanol–water partition coefficient (Wildman–Crippen LogP) is 6.13. The van der Waals surface area contributed by atoms with E-state index in [0.29, 0.717) is 39.4 Å². The molecule has 0 saturated carbocycles. The lowest BCUT2D eigenvalue weighted by atomic mass is 10.0. The Morgan fingerprint density at radius 1 is 1.11 bits per heavy atom. The monoisotopic (exact) mass is 568 g/mol. The second kappa shape index (κ2) is 11.8. The lowest BCUT2D eigenvalue weighted by Crippen LogP contribution is -2.56. The largest absolute Gasteiger partial charge is 0.444 e. The van der Waals surface area contributed by atoms with E-state index < -0.39 is 5.60 Å². The molecule has 4 rings (SSSR count). The van der Waals surface area contributed by atoms with Crippen LogP contribution >= 0.6 is 34.8 Å². The van der Waals surface area contributed by atoms with E-state index >= 15 is 0 Å². The highest BCUT2D eigenvalue weighted by atomic mass is 35.5. The van der Waals surface area contributed by atoms with Gasteiger partial charge in [0, 0.05) is 55.4 Å². The van der Waals surface area contributed by atoms with Gasteiger partial charge in [-0.3, -0.25) is 4.90 Å². The Bertz CT molecular complexity index is 1100. The van der Waals surface area contributed by atoms with Crippen molar-refractivity contribution in [1.82, 2.24) is 19.8 Å². The van der Waals surface area contributed by atoms with Crippen LogP contribution in [0.4, 0.5) is 16.6 Å². The molecule has 37 heavy (non-hydrogen) atoms. The third-order valence-corrected chi connectivity index (χ3v) is 7.51. The number of piperidine rings is 1. The number of benzene rings is 1. The average Bonchev–Trinajstić information content (AvgIpc) is 2.84. The number of piperazine rings is 1. The van der Waals surface area contributed by atoms with Gasteiger partial charge in [-0.1, -0.05) is 40.9 Å². The van der Waals surface area contributed by atoms with Gasteiger partial charge < -0.3 is 19.9 Å². The van der Waals surface area contributed by atoms with Crippen molar-refractivity contribution < 1.29 is 9.53 Å². The Labute approximate surface area is 234 Å². The first-order valence-corrected chi connectivity index (χ1v) is 13.8. The molecule has 2 aliphatic rings. The topological polar surface area (TPSA) is 73.8 Å². The van der Waals surface area contributed by atoms with Crippen LogP contribution in [0.25, 0.3) is 0 Å². The first-order valence-electron chi connectivity index (χ1n) is 12.7. The van der Waals surface area contributed by atoms with Gasteiger partial charge in [0.2, 0.25) is 5.95 Å². The van der Waals surface area contributed by atoms with Crippen molar-refractivity contribution in [3.63, 3.8) is 0 Å². The molecule has 0 bridgehead atoms. The van der Waals surface area contributed by atoms with Gasteiger partial charge in [-0.2, -0.15) is 4.98 Å². The molecule has 0 spiro atoms. The Hall–Kier alpha value is -2.00. The van der Waals surface area contributed by atoms with E-state index in [1.54, 1.807) is 12.3 Å². The predicted molar refractivity (Wildman–Crippen MR) is 150 cm³/mol. The minimum atomic E-state index is -0.485. The van der Waals surface area contributed by atoms with Gasteiger partial charge in [0.1, 0.15) is 10.6 Å². The number of likely N-dealkylation sites (tertiary alicyclic amines) is 1. The standard InChI is InChI=1S/C26H35Cl3N6O2/c1-17(20-8-7-18(27)14-21(20)28)31-23-22(29)15-30-24(32-23)34-12-10-33(11-13-34)19-6-5-9-35(16-19)25(36)37-26(2,3)4/h7-8,14-15,17,19H,5-6,9-13,16H2,1-4H3,(H,30,31,32). The fourth-order valence-corrected chi connectivity index (χ4v) is 5.50. The van der Waals surface area contributed by atoms with Crippen LogP contribution in [0.1, 0.15) is 52.1 Å². The molecule has 2 aliphatic heterocycles. The van der Waals surface area contributed by atoms with Gasteiger partial charge in [-0.25, -0.2) is 9.78 Å². The first-order chi connectivity index (χ1) is 17.5. The minimum absolute atomic E-state index is 0.124. The molecule has 1 N–H and O–H groups in total. The molecule has 2 fully saturated rings. The van der Waals surface area contributed by atoms with Gasteiger partial charge in [-0.05, 0) is 58.2 Å². The molecule has 0 radical (unpaired) electrons. The molecule has 202 valence electrons. The van der Waals surface area contributed by atoms with E-state index in [-0.39, 0.29) is 12.1 Å². The fraction of sp³-hybridized carbons (Fsp3) is 0.577. The molecule has 2 saturated heterocycles. The molecule has 0 aliphatic carbocycles. The number of carbonyl (C=O) groups is 1. The normalized spacial score (nSPS) is 20.0. The van der Waals surface area contributed by atoms with Gasteiger partial charge in [0.25, 0.3) is 0 Å². The second-order valence-corrected chi connectivity index (χ2v) is 11.9. The fourth-order valence-electron chi connectivity index (χ4n) is 4.78. The van der Waals surface area contributed by atoms with Crippen molar-refractivity contribution in [3.05, 3.63) is 45.0 Å². The maximum absolute atomic E-state index is 12.6. The summed E-state index contributed by atoms with van der Waals surface area (Å²) >= 11 is 18.8. The zero-order chi connectivity index (χ0) is 26.7. The van der Waals surface area contributed by atoms with E-state index in [0.717, 1.165) is 51.1 Å². The van der Waals surface area contributed by atoms with Gasteiger partial charge in [-0.15, -0.1) is 0 Å². The Morgan fingerprint density at radius 3 is 2.51 bits per heavy atom. The van der Waals surface area contributed by atoms with Crippen LogP contribution in [0.2, 0.25) is 15.1 Å². The van der Waals surface area contributed by atoms with Crippen molar-refractivity contribution in [2.24, 2.45) is 0 Å². The van der Waals surface area contributed by atoms with Crippen LogP contribution in [0, 0.1) is 0 Å². The number of rotatable bonds is 5. The Balaban J connectivity index is 1.35. The van der Waals surface area contributed by atoms with Crippen molar-refractivity contribution >= 4 is 52.7 Å². The molecule has 2 atom stereocenters. The number of amides is 1. The maximum Gasteiger partial charge on any atom is 0.410 e. The number of carbonyl (C=O) groups excluding carboxylic acids is 1. The molecule has 1 aromatic carbocycles. The van der Waals surface area contributed by atoms with Gasteiger partial charge >= 0.3 is 6.09 Å². The summed E-state index contributed by atoms with van der Waals surface area (Å²) in [7, 11) is 0. The summed E-state index contributed by atoms with van der Waals surface area (Å²) in [5, 5.41) is 4.99. The number of aromatic nitrogens is 2. The summed E-state index contributed by atoms with van der Waals surface area (Å²) in [6, 6.07) is 5.64. The van der Waals surface area contributed by atoms with E-state index in [4.69, 9.17) is 44.5 Å². The Kier molecular flexibility index (Phi) is 8.94. The van der Waals surface area contributed by atoms with Gasteiger partial charge in [0.05, 0.1) is 12.2 Å². The van der Waals surface area contributed by atoms with Crippen molar-refractivity contribution in [1.29, 1.82) is 0 Å². The lowest BCUT2D eigenvalue weighted by molar-refractivity contribution is 0.0101. The van der Waals surface area contributed by atoms with Crippen LogP contribution in [-0.4, -0.2) is 76.8 Å². The van der Waals surface area contributed by atoms with Crippen molar-refractivity contribution in [3.8, 4) is 0 Å². The molecule has 2 unspecified atom stereocenters.